The number of phenolic OH excluding ortho intramolecular Hbond substituents is 1. The highest BCUT2D eigenvalue weighted by atomic mass is 16.6. The highest BCUT2D eigenvalue weighted by Gasteiger charge is 1.99. The van der Waals surface area contributed by atoms with Crippen LogP contribution in [0.4, 0.5) is 0 Å². The second kappa shape index (κ2) is 11.5. The average Bonchev–Trinajstić information content (AvgIpc) is 2.46. The summed E-state index contributed by atoms with van der Waals surface area (Å²) in [5.41, 5.74) is 0. The van der Waals surface area contributed by atoms with E-state index in [9.17, 15) is 5.11 Å². The predicted molar refractivity (Wildman–Crippen MR) is 76.3 cm³/mol. The molecule has 0 amide bonds. The molecule has 0 fully saturated rings. The van der Waals surface area contributed by atoms with Crippen LogP contribution in [-0.4, -0.2) is 51.4 Å². The Bertz CT molecular complexity index is 343. The van der Waals surface area contributed by atoms with Gasteiger partial charge in [-0.1, -0.05) is 19.1 Å². The number of phenols is 1. The Balaban J connectivity index is 1.87. The Morgan fingerprint density at radius 3 is 1.95 bits per heavy atom. The molecule has 0 unspecified atom stereocenters. The number of para-hydroxylation sites is 2. The van der Waals surface area contributed by atoms with E-state index in [0.717, 1.165) is 13.0 Å². The number of rotatable bonds is 12. The summed E-state index contributed by atoms with van der Waals surface area (Å²) in [4.78, 5) is 0. The molecule has 0 heterocycles. The van der Waals surface area contributed by atoms with Crippen LogP contribution in [-0.2, 0) is 14.2 Å². The summed E-state index contributed by atoms with van der Waals surface area (Å²) in [5, 5.41) is 9.47. The molecule has 5 heteroatoms. The lowest BCUT2D eigenvalue weighted by Gasteiger charge is -2.08. The molecule has 0 bridgehead atoms. The standard InChI is InChI=1S/C15H24O5/c1-2-7-17-8-9-18-10-11-19-12-13-20-15-6-4-3-5-14(15)16/h3-6,16H,2,7-13H2,1H3. The Hall–Kier alpha value is -1.30. The molecule has 0 aliphatic carbocycles. The first-order chi connectivity index (χ1) is 9.84. The van der Waals surface area contributed by atoms with E-state index in [-0.39, 0.29) is 5.75 Å². The molecule has 0 saturated carbocycles. The molecule has 0 saturated heterocycles. The van der Waals surface area contributed by atoms with Crippen molar-refractivity contribution >= 4 is 0 Å². The van der Waals surface area contributed by atoms with E-state index in [1.165, 1.54) is 0 Å². The topological polar surface area (TPSA) is 57.2 Å². The van der Waals surface area contributed by atoms with E-state index >= 15 is 0 Å². The highest BCUT2D eigenvalue weighted by Crippen LogP contribution is 2.23. The van der Waals surface area contributed by atoms with Gasteiger partial charge in [-0.25, -0.2) is 0 Å². The number of ether oxygens (including phenoxy) is 4. The summed E-state index contributed by atoms with van der Waals surface area (Å²) in [6, 6.07) is 6.87. The van der Waals surface area contributed by atoms with Gasteiger partial charge in [-0.3, -0.25) is 0 Å². The van der Waals surface area contributed by atoms with Gasteiger partial charge < -0.3 is 24.1 Å². The first kappa shape index (κ1) is 16.8. The molecule has 114 valence electrons. The van der Waals surface area contributed by atoms with Crippen LogP contribution in [0.25, 0.3) is 0 Å². The van der Waals surface area contributed by atoms with Crippen LogP contribution in [0.3, 0.4) is 0 Å². The Morgan fingerprint density at radius 2 is 1.35 bits per heavy atom. The molecular formula is C15H24O5. The molecule has 1 rings (SSSR count). The Kier molecular flexibility index (Phi) is 9.65. The number of hydrogen-bond acceptors (Lipinski definition) is 5. The van der Waals surface area contributed by atoms with Crippen molar-refractivity contribution in [2.24, 2.45) is 0 Å². The van der Waals surface area contributed by atoms with E-state index in [1.54, 1.807) is 18.2 Å². The van der Waals surface area contributed by atoms with Crippen molar-refractivity contribution < 1.29 is 24.1 Å². The molecule has 1 aromatic carbocycles. The normalized spacial score (nSPS) is 10.7. The van der Waals surface area contributed by atoms with Crippen molar-refractivity contribution in [2.45, 2.75) is 13.3 Å². The Labute approximate surface area is 120 Å². The minimum atomic E-state index is 0.142. The van der Waals surface area contributed by atoms with E-state index in [1.807, 2.05) is 6.07 Å². The lowest BCUT2D eigenvalue weighted by Crippen LogP contribution is -2.12. The SMILES string of the molecule is CCCOCCOCCOCCOc1ccccc1O. The third-order valence-corrected chi connectivity index (χ3v) is 2.44. The summed E-state index contributed by atoms with van der Waals surface area (Å²) in [7, 11) is 0. The molecule has 5 nitrogen and oxygen atoms in total. The summed E-state index contributed by atoms with van der Waals surface area (Å²) in [6.45, 7) is 6.02. The van der Waals surface area contributed by atoms with Gasteiger partial charge in [-0.15, -0.1) is 0 Å². The van der Waals surface area contributed by atoms with Gasteiger partial charge in [0.05, 0.1) is 33.0 Å². The van der Waals surface area contributed by atoms with Gasteiger partial charge >= 0.3 is 0 Å². The quantitative estimate of drug-likeness (QED) is 0.596. The summed E-state index contributed by atoms with van der Waals surface area (Å²) < 4.78 is 21.3. The van der Waals surface area contributed by atoms with Crippen LogP contribution in [0.2, 0.25) is 0 Å². The van der Waals surface area contributed by atoms with Crippen molar-refractivity contribution in [2.75, 3.05) is 46.2 Å². The zero-order valence-corrected chi connectivity index (χ0v) is 12.0. The van der Waals surface area contributed by atoms with Gasteiger partial charge in [-0.05, 0) is 18.6 Å². The molecule has 0 atom stereocenters. The first-order valence-electron chi connectivity index (χ1n) is 6.98. The summed E-state index contributed by atoms with van der Waals surface area (Å²) in [5.74, 6) is 0.614. The van der Waals surface area contributed by atoms with Crippen LogP contribution in [0.15, 0.2) is 24.3 Å². The fraction of sp³-hybridized carbons (Fsp3) is 0.600. The molecule has 20 heavy (non-hydrogen) atoms. The lowest BCUT2D eigenvalue weighted by atomic mass is 10.3. The second-order valence-electron chi connectivity index (χ2n) is 4.15. The first-order valence-corrected chi connectivity index (χ1v) is 6.98. The summed E-state index contributed by atoms with van der Waals surface area (Å²) >= 11 is 0. The smallest absolute Gasteiger partial charge is 0.161 e. The molecule has 0 radical (unpaired) electrons. The monoisotopic (exact) mass is 284 g/mol. The van der Waals surface area contributed by atoms with Crippen molar-refractivity contribution in [3.05, 3.63) is 24.3 Å². The molecule has 0 spiro atoms. The van der Waals surface area contributed by atoms with Gasteiger partial charge in [0, 0.05) is 6.61 Å². The van der Waals surface area contributed by atoms with Crippen LogP contribution in [0, 0.1) is 0 Å². The van der Waals surface area contributed by atoms with Crippen molar-refractivity contribution in [3.8, 4) is 11.5 Å². The molecular weight excluding hydrogens is 260 g/mol. The van der Waals surface area contributed by atoms with E-state index in [0.29, 0.717) is 45.4 Å². The maximum Gasteiger partial charge on any atom is 0.161 e. The number of aromatic hydroxyl groups is 1. The van der Waals surface area contributed by atoms with Crippen LogP contribution >= 0.6 is 0 Å². The summed E-state index contributed by atoms with van der Waals surface area (Å²) in [6.07, 6.45) is 1.03. The van der Waals surface area contributed by atoms with Crippen molar-refractivity contribution in [1.29, 1.82) is 0 Å². The second-order valence-corrected chi connectivity index (χ2v) is 4.15. The third-order valence-electron chi connectivity index (χ3n) is 2.44. The molecule has 0 aliphatic heterocycles. The zero-order valence-electron chi connectivity index (χ0n) is 12.0. The van der Waals surface area contributed by atoms with E-state index in [4.69, 9.17) is 18.9 Å². The minimum absolute atomic E-state index is 0.142. The average molecular weight is 284 g/mol. The Morgan fingerprint density at radius 1 is 0.800 bits per heavy atom. The maximum atomic E-state index is 9.47. The molecule has 1 N–H and O–H groups in total. The van der Waals surface area contributed by atoms with Gasteiger partial charge in [0.1, 0.15) is 6.61 Å². The van der Waals surface area contributed by atoms with Crippen LogP contribution in [0.1, 0.15) is 13.3 Å². The molecule has 1 aromatic rings. The van der Waals surface area contributed by atoms with E-state index in [2.05, 4.69) is 6.92 Å². The molecule has 0 aliphatic rings. The fourth-order valence-electron chi connectivity index (χ4n) is 1.48. The largest absolute Gasteiger partial charge is 0.504 e. The lowest BCUT2D eigenvalue weighted by molar-refractivity contribution is 0.00933. The third kappa shape index (κ3) is 7.99. The van der Waals surface area contributed by atoms with Gasteiger partial charge in [0.15, 0.2) is 11.5 Å². The zero-order chi connectivity index (χ0) is 14.5. The van der Waals surface area contributed by atoms with Gasteiger partial charge in [0.2, 0.25) is 0 Å². The maximum absolute atomic E-state index is 9.47. The number of benzene rings is 1. The highest BCUT2D eigenvalue weighted by molar-refractivity contribution is 5.37. The fourth-order valence-corrected chi connectivity index (χ4v) is 1.48. The van der Waals surface area contributed by atoms with Crippen LogP contribution in [0.5, 0.6) is 11.5 Å². The van der Waals surface area contributed by atoms with Crippen molar-refractivity contribution in [1.82, 2.24) is 0 Å². The molecule has 0 aromatic heterocycles. The number of hydrogen-bond donors (Lipinski definition) is 1. The van der Waals surface area contributed by atoms with E-state index < -0.39 is 0 Å². The predicted octanol–water partition coefficient (Wildman–Crippen LogP) is 2.23. The van der Waals surface area contributed by atoms with Crippen LogP contribution < -0.4 is 4.74 Å². The van der Waals surface area contributed by atoms with Crippen molar-refractivity contribution in [3.63, 3.8) is 0 Å². The van der Waals surface area contributed by atoms with Gasteiger partial charge in [0.25, 0.3) is 0 Å². The minimum Gasteiger partial charge on any atom is -0.504 e. The van der Waals surface area contributed by atoms with Gasteiger partial charge in [-0.2, -0.15) is 0 Å².